The Kier molecular flexibility index (Phi) is 4.66. The molecule has 1 heterocycles. The van der Waals surface area contributed by atoms with Crippen LogP contribution in [0.1, 0.15) is 22.9 Å². The smallest absolute Gasteiger partial charge is 0.130 e. The third-order valence-electron chi connectivity index (χ3n) is 3.84. The Morgan fingerprint density at radius 3 is 2.71 bits per heavy atom. The van der Waals surface area contributed by atoms with Gasteiger partial charge in [0.1, 0.15) is 28.5 Å². The van der Waals surface area contributed by atoms with Gasteiger partial charge in [-0.1, -0.05) is 12.1 Å². The van der Waals surface area contributed by atoms with Gasteiger partial charge >= 0.3 is 0 Å². The van der Waals surface area contributed by atoms with E-state index in [-0.39, 0.29) is 18.1 Å². The lowest BCUT2D eigenvalue weighted by molar-refractivity contribution is -0.108. The minimum atomic E-state index is -0.374. The van der Waals surface area contributed by atoms with Crippen molar-refractivity contribution in [2.24, 2.45) is 0 Å². The second-order valence-corrected chi connectivity index (χ2v) is 6.30. The van der Waals surface area contributed by atoms with Crippen LogP contribution in [0.3, 0.4) is 0 Å². The quantitative estimate of drug-likeness (QED) is 0.691. The molecule has 0 spiro atoms. The molecule has 3 rings (SSSR count). The summed E-state index contributed by atoms with van der Waals surface area (Å²) < 4.78 is 11.6. The first kappa shape index (κ1) is 16.3. The first-order valence-corrected chi connectivity index (χ1v) is 8.23. The largest absolute Gasteiger partial charge is 0.507 e. The first-order valence-electron chi connectivity index (χ1n) is 7.42. The number of phenols is 1. The molecule has 6 heteroatoms. The second-order valence-electron chi connectivity index (χ2n) is 5.24. The minimum Gasteiger partial charge on any atom is -0.507 e. The summed E-state index contributed by atoms with van der Waals surface area (Å²) in [6.07, 6.45) is 1.04. The van der Waals surface area contributed by atoms with Crippen molar-refractivity contribution >= 4 is 27.8 Å². The third-order valence-corrected chi connectivity index (χ3v) is 4.99. The van der Waals surface area contributed by atoms with Crippen molar-refractivity contribution in [1.29, 1.82) is 0 Å². The van der Waals surface area contributed by atoms with Crippen molar-refractivity contribution in [1.82, 2.24) is 4.98 Å². The van der Waals surface area contributed by atoms with Gasteiger partial charge in [-0.2, -0.15) is 0 Å². The second kappa shape index (κ2) is 6.88. The van der Waals surface area contributed by atoms with Crippen LogP contribution in [0.4, 0.5) is 0 Å². The predicted octanol–water partition coefficient (Wildman–Crippen LogP) is 3.74. The Morgan fingerprint density at radius 1 is 1.25 bits per heavy atom. The normalized spacial score (nSPS) is 12.1. The number of methoxy groups -OCH3 is 2. The number of aromatic nitrogens is 1. The van der Waals surface area contributed by atoms with Crippen LogP contribution >= 0.6 is 11.3 Å². The maximum absolute atomic E-state index is 11.2. The maximum atomic E-state index is 11.2. The molecule has 5 nitrogen and oxygen atoms in total. The van der Waals surface area contributed by atoms with Crippen LogP contribution in [0.25, 0.3) is 10.2 Å². The Labute approximate surface area is 143 Å². The molecule has 1 atom stereocenters. The van der Waals surface area contributed by atoms with Crippen molar-refractivity contribution in [2.45, 2.75) is 12.3 Å². The molecule has 0 radical (unpaired) electrons. The Hall–Kier alpha value is -2.60. The molecule has 2 aromatic carbocycles. The highest BCUT2D eigenvalue weighted by Gasteiger charge is 2.26. The van der Waals surface area contributed by atoms with E-state index in [1.165, 1.54) is 31.6 Å². The van der Waals surface area contributed by atoms with Gasteiger partial charge in [0.25, 0.3) is 0 Å². The van der Waals surface area contributed by atoms with Crippen LogP contribution in [0.15, 0.2) is 36.4 Å². The van der Waals surface area contributed by atoms with Gasteiger partial charge in [-0.15, -0.1) is 11.3 Å². The number of hydrogen-bond donors (Lipinski definition) is 1. The molecule has 0 saturated heterocycles. The number of carbonyl (C=O) groups is 1. The molecule has 0 aliphatic rings. The van der Waals surface area contributed by atoms with Crippen LogP contribution in [0, 0.1) is 0 Å². The molecule has 0 amide bonds. The number of thiazole rings is 1. The topological polar surface area (TPSA) is 68.7 Å². The zero-order chi connectivity index (χ0) is 17.1. The number of aldehydes is 1. The molecule has 24 heavy (non-hydrogen) atoms. The summed E-state index contributed by atoms with van der Waals surface area (Å²) in [4.78, 5) is 15.9. The lowest BCUT2D eigenvalue weighted by Gasteiger charge is -2.18. The summed E-state index contributed by atoms with van der Waals surface area (Å²) in [6, 6.07) is 11.0. The molecule has 1 unspecified atom stereocenters. The van der Waals surface area contributed by atoms with Gasteiger partial charge in [-0.3, -0.25) is 0 Å². The molecule has 3 aromatic rings. The number of rotatable bonds is 6. The minimum absolute atomic E-state index is 0.0253. The van der Waals surface area contributed by atoms with Gasteiger partial charge in [-0.25, -0.2) is 4.98 Å². The van der Waals surface area contributed by atoms with E-state index in [4.69, 9.17) is 9.47 Å². The van der Waals surface area contributed by atoms with Gasteiger partial charge < -0.3 is 19.4 Å². The summed E-state index contributed by atoms with van der Waals surface area (Å²) in [5, 5.41) is 11.2. The number of para-hydroxylation sites is 1. The van der Waals surface area contributed by atoms with E-state index < -0.39 is 0 Å². The molecule has 0 saturated carbocycles. The fourth-order valence-corrected chi connectivity index (χ4v) is 3.79. The SMILES string of the molecule is COc1cc(O)c(C(CC=O)c2nc3ccccc3s2)c(OC)c1. The Morgan fingerprint density at radius 2 is 2.04 bits per heavy atom. The van der Waals surface area contributed by atoms with Crippen molar-refractivity contribution in [3.05, 3.63) is 47.0 Å². The van der Waals surface area contributed by atoms with Crippen LogP contribution in [-0.2, 0) is 4.79 Å². The highest BCUT2D eigenvalue weighted by atomic mass is 32.1. The van der Waals surface area contributed by atoms with Crippen LogP contribution in [0.5, 0.6) is 17.2 Å². The summed E-state index contributed by atoms with van der Waals surface area (Å²) in [5.41, 5.74) is 1.42. The maximum Gasteiger partial charge on any atom is 0.130 e. The molecular formula is C18H17NO4S. The van der Waals surface area contributed by atoms with Gasteiger partial charge in [0.05, 0.1) is 24.4 Å². The van der Waals surface area contributed by atoms with Crippen LogP contribution < -0.4 is 9.47 Å². The predicted molar refractivity (Wildman–Crippen MR) is 93.4 cm³/mol. The molecule has 0 aliphatic heterocycles. The fraction of sp³-hybridized carbons (Fsp3) is 0.222. The average molecular weight is 343 g/mol. The fourth-order valence-electron chi connectivity index (χ4n) is 2.70. The highest BCUT2D eigenvalue weighted by Crippen LogP contribution is 2.44. The zero-order valence-electron chi connectivity index (χ0n) is 13.4. The highest BCUT2D eigenvalue weighted by molar-refractivity contribution is 7.18. The van der Waals surface area contributed by atoms with Gasteiger partial charge in [0, 0.05) is 30.0 Å². The van der Waals surface area contributed by atoms with E-state index in [0.29, 0.717) is 17.1 Å². The van der Waals surface area contributed by atoms with Crippen molar-refractivity contribution in [3.63, 3.8) is 0 Å². The van der Waals surface area contributed by atoms with E-state index in [1.807, 2.05) is 24.3 Å². The van der Waals surface area contributed by atoms with E-state index in [2.05, 4.69) is 4.98 Å². The average Bonchev–Trinajstić information content (AvgIpc) is 3.03. The van der Waals surface area contributed by atoms with Crippen LogP contribution in [0.2, 0.25) is 0 Å². The summed E-state index contributed by atoms with van der Waals surface area (Å²) in [6.45, 7) is 0. The Bertz CT molecular complexity index is 842. The zero-order valence-corrected chi connectivity index (χ0v) is 14.2. The first-order chi connectivity index (χ1) is 11.7. The number of aromatic hydroxyl groups is 1. The number of fused-ring (bicyclic) bond motifs is 1. The number of hydrogen-bond acceptors (Lipinski definition) is 6. The molecule has 124 valence electrons. The molecule has 0 fully saturated rings. The lowest BCUT2D eigenvalue weighted by atomic mass is 9.94. The summed E-state index contributed by atoms with van der Waals surface area (Å²) in [7, 11) is 3.04. The molecule has 1 aromatic heterocycles. The third kappa shape index (κ3) is 2.92. The van der Waals surface area contributed by atoms with Crippen molar-refractivity contribution < 1.29 is 19.4 Å². The number of carbonyl (C=O) groups excluding carboxylic acids is 1. The van der Waals surface area contributed by atoms with Crippen molar-refractivity contribution in [2.75, 3.05) is 14.2 Å². The standard InChI is InChI=1S/C18H17NO4S/c1-22-11-9-14(21)17(15(10-11)23-2)12(7-8-20)18-19-13-5-3-4-6-16(13)24-18/h3-6,8-10,12,21H,7H2,1-2H3. The number of benzene rings is 2. The monoisotopic (exact) mass is 343 g/mol. The van der Waals surface area contributed by atoms with E-state index in [1.54, 1.807) is 6.07 Å². The van der Waals surface area contributed by atoms with Gasteiger partial charge in [0.15, 0.2) is 0 Å². The number of ether oxygens (including phenoxy) is 2. The number of nitrogens with zero attached hydrogens (tertiary/aromatic N) is 1. The molecule has 0 aliphatic carbocycles. The molecule has 1 N–H and O–H groups in total. The van der Waals surface area contributed by atoms with Crippen molar-refractivity contribution in [3.8, 4) is 17.2 Å². The lowest BCUT2D eigenvalue weighted by Crippen LogP contribution is -2.05. The molecule has 0 bridgehead atoms. The number of phenolic OH excluding ortho intramolecular Hbond substituents is 1. The van der Waals surface area contributed by atoms with E-state index >= 15 is 0 Å². The van der Waals surface area contributed by atoms with E-state index in [0.717, 1.165) is 21.5 Å². The summed E-state index contributed by atoms with van der Waals surface area (Å²) >= 11 is 1.51. The Balaban J connectivity index is 2.16. The van der Waals surface area contributed by atoms with Gasteiger partial charge in [0.2, 0.25) is 0 Å². The van der Waals surface area contributed by atoms with E-state index in [9.17, 15) is 9.90 Å². The summed E-state index contributed by atoms with van der Waals surface area (Å²) in [5.74, 6) is 0.610. The van der Waals surface area contributed by atoms with Gasteiger partial charge in [-0.05, 0) is 12.1 Å². The molecular weight excluding hydrogens is 326 g/mol. The van der Waals surface area contributed by atoms with Crippen LogP contribution in [-0.4, -0.2) is 30.6 Å².